The number of phenolic OH excluding ortho intramolecular Hbond substituents is 1. The van der Waals surface area contributed by atoms with Gasteiger partial charge in [-0.2, -0.15) is 0 Å². The summed E-state index contributed by atoms with van der Waals surface area (Å²) in [4.78, 5) is 4.42. The third kappa shape index (κ3) is 2.17. The molecular formula is C17H17FN2O. The first-order valence-electron chi connectivity index (χ1n) is 6.95. The molecule has 0 aliphatic rings. The van der Waals surface area contributed by atoms with Gasteiger partial charge in [-0.05, 0) is 50.6 Å². The van der Waals surface area contributed by atoms with Gasteiger partial charge in [0.15, 0.2) is 5.82 Å². The molecule has 108 valence electrons. The van der Waals surface area contributed by atoms with E-state index in [0.29, 0.717) is 16.9 Å². The van der Waals surface area contributed by atoms with E-state index in [1.165, 1.54) is 6.07 Å². The lowest BCUT2D eigenvalue weighted by molar-refractivity contribution is 0.475. The molecule has 1 N–H and O–H groups in total. The molecule has 1 aromatic heterocycles. The predicted molar refractivity (Wildman–Crippen MR) is 81.9 cm³/mol. The maximum absolute atomic E-state index is 14.0. The molecule has 0 amide bonds. The molecule has 0 aliphatic heterocycles. The minimum absolute atomic E-state index is 0.104. The number of rotatable bonds is 2. The maximum atomic E-state index is 14.0. The average Bonchev–Trinajstić information content (AvgIpc) is 2.79. The highest BCUT2D eigenvalue weighted by Crippen LogP contribution is 2.34. The second kappa shape index (κ2) is 4.88. The normalized spacial score (nSPS) is 11.5. The summed E-state index contributed by atoms with van der Waals surface area (Å²) in [5.41, 5.74) is 2.65. The van der Waals surface area contributed by atoms with Crippen molar-refractivity contribution in [2.45, 2.75) is 26.8 Å². The van der Waals surface area contributed by atoms with E-state index in [9.17, 15) is 9.50 Å². The Balaban J connectivity index is 2.36. The van der Waals surface area contributed by atoms with Crippen LogP contribution in [0.5, 0.6) is 5.75 Å². The van der Waals surface area contributed by atoms with E-state index in [0.717, 1.165) is 11.1 Å². The standard InChI is InChI=1S/C17H17FN2O/c1-10(2)20-14-6-4-5-13(18)16(14)19-17(20)12-8-7-11(3)9-15(12)21/h4-10,21H,1-3H3. The minimum atomic E-state index is -0.347. The van der Waals surface area contributed by atoms with Crippen LogP contribution in [0.4, 0.5) is 4.39 Å². The Morgan fingerprint density at radius 2 is 1.95 bits per heavy atom. The number of hydrogen-bond donors (Lipinski definition) is 1. The molecule has 0 radical (unpaired) electrons. The monoisotopic (exact) mass is 284 g/mol. The number of para-hydroxylation sites is 1. The van der Waals surface area contributed by atoms with Crippen LogP contribution in [-0.2, 0) is 0 Å². The van der Waals surface area contributed by atoms with Crippen LogP contribution >= 0.6 is 0 Å². The molecule has 0 bridgehead atoms. The third-order valence-corrected chi connectivity index (χ3v) is 3.58. The number of aryl methyl sites for hydroxylation is 1. The number of aromatic hydroxyl groups is 1. The van der Waals surface area contributed by atoms with Crippen LogP contribution in [0.3, 0.4) is 0 Å². The number of hydrogen-bond acceptors (Lipinski definition) is 2. The van der Waals surface area contributed by atoms with Crippen LogP contribution in [0.2, 0.25) is 0 Å². The SMILES string of the molecule is Cc1ccc(-c2nc3c(F)cccc3n2C(C)C)c(O)c1. The van der Waals surface area contributed by atoms with Gasteiger partial charge in [-0.25, -0.2) is 9.37 Å². The Kier molecular flexibility index (Phi) is 3.16. The van der Waals surface area contributed by atoms with Gasteiger partial charge in [-0.3, -0.25) is 0 Å². The average molecular weight is 284 g/mol. The zero-order valence-corrected chi connectivity index (χ0v) is 12.3. The van der Waals surface area contributed by atoms with Gasteiger partial charge >= 0.3 is 0 Å². The summed E-state index contributed by atoms with van der Waals surface area (Å²) in [5.74, 6) is 0.398. The largest absolute Gasteiger partial charge is 0.507 e. The highest BCUT2D eigenvalue weighted by atomic mass is 19.1. The van der Waals surface area contributed by atoms with Gasteiger partial charge in [0.05, 0.1) is 11.1 Å². The molecule has 21 heavy (non-hydrogen) atoms. The lowest BCUT2D eigenvalue weighted by Gasteiger charge is -2.14. The number of fused-ring (bicyclic) bond motifs is 1. The van der Waals surface area contributed by atoms with E-state index in [1.807, 2.05) is 43.5 Å². The molecule has 0 aliphatic carbocycles. The van der Waals surface area contributed by atoms with E-state index >= 15 is 0 Å². The van der Waals surface area contributed by atoms with Crippen molar-refractivity contribution in [3.8, 4) is 17.1 Å². The highest BCUT2D eigenvalue weighted by Gasteiger charge is 2.19. The van der Waals surface area contributed by atoms with Crippen LogP contribution < -0.4 is 0 Å². The Bertz CT molecular complexity index is 821. The zero-order chi connectivity index (χ0) is 15.1. The molecule has 0 saturated carbocycles. The van der Waals surface area contributed by atoms with E-state index in [4.69, 9.17) is 0 Å². The Labute approximate surface area is 122 Å². The lowest BCUT2D eigenvalue weighted by Crippen LogP contribution is -2.03. The second-order valence-electron chi connectivity index (χ2n) is 5.53. The summed E-state index contributed by atoms with van der Waals surface area (Å²) in [6.07, 6.45) is 0. The maximum Gasteiger partial charge on any atom is 0.151 e. The topological polar surface area (TPSA) is 38.0 Å². The van der Waals surface area contributed by atoms with Gasteiger partial charge in [0, 0.05) is 6.04 Å². The molecule has 3 aromatic rings. The van der Waals surface area contributed by atoms with Crippen molar-refractivity contribution in [3.63, 3.8) is 0 Å². The van der Waals surface area contributed by atoms with Crippen molar-refractivity contribution in [2.75, 3.05) is 0 Å². The van der Waals surface area contributed by atoms with Gasteiger partial charge in [-0.15, -0.1) is 0 Å². The van der Waals surface area contributed by atoms with Crippen molar-refractivity contribution in [1.82, 2.24) is 9.55 Å². The van der Waals surface area contributed by atoms with E-state index in [2.05, 4.69) is 4.98 Å². The number of benzene rings is 2. The number of imidazole rings is 1. The van der Waals surface area contributed by atoms with Crippen molar-refractivity contribution in [2.24, 2.45) is 0 Å². The molecule has 0 spiro atoms. The van der Waals surface area contributed by atoms with Crippen molar-refractivity contribution < 1.29 is 9.50 Å². The van der Waals surface area contributed by atoms with Crippen LogP contribution in [0.1, 0.15) is 25.5 Å². The first-order valence-corrected chi connectivity index (χ1v) is 6.95. The molecule has 4 heteroatoms. The molecule has 0 saturated heterocycles. The van der Waals surface area contributed by atoms with Crippen molar-refractivity contribution in [1.29, 1.82) is 0 Å². The number of nitrogens with zero attached hydrogens (tertiary/aromatic N) is 2. The van der Waals surface area contributed by atoms with Crippen LogP contribution in [0.15, 0.2) is 36.4 Å². The summed E-state index contributed by atoms with van der Waals surface area (Å²) in [6, 6.07) is 10.5. The summed E-state index contributed by atoms with van der Waals surface area (Å²) in [6.45, 7) is 5.94. The quantitative estimate of drug-likeness (QED) is 0.755. The molecule has 2 aromatic carbocycles. The zero-order valence-electron chi connectivity index (χ0n) is 12.3. The Morgan fingerprint density at radius 1 is 1.19 bits per heavy atom. The summed E-state index contributed by atoms with van der Waals surface area (Å²) >= 11 is 0. The molecular weight excluding hydrogens is 267 g/mol. The van der Waals surface area contributed by atoms with Gasteiger partial charge in [-0.1, -0.05) is 12.1 Å². The molecule has 3 rings (SSSR count). The summed E-state index contributed by atoms with van der Waals surface area (Å²) < 4.78 is 15.9. The summed E-state index contributed by atoms with van der Waals surface area (Å²) in [7, 11) is 0. The molecule has 0 unspecified atom stereocenters. The van der Waals surface area contributed by atoms with Gasteiger partial charge in [0.2, 0.25) is 0 Å². The van der Waals surface area contributed by atoms with Gasteiger partial charge in [0.1, 0.15) is 17.1 Å². The smallest absolute Gasteiger partial charge is 0.151 e. The fraction of sp³-hybridized carbons (Fsp3) is 0.235. The third-order valence-electron chi connectivity index (χ3n) is 3.58. The fourth-order valence-electron chi connectivity index (χ4n) is 2.63. The van der Waals surface area contributed by atoms with Crippen molar-refractivity contribution >= 4 is 11.0 Å². The van der Waals surface area contributed by atoms with Gasteiger partial charge in [0.25, 0.3) is 0 Å². The molecule has 3 nitrogen and oxygen atoms in total. The first kappa shape index (κ1) is 13.6. The Hall–Kier alpha value is -2.36. The molecule has 0 fully saturated rings. The first-order chi connectivity index (χ1) is 9.99. The number of phenols is 1. The van der Waals surface area contributed by atoms with E-state index in [-0.39, 0.29) is 17.6 Å². The van der Waals surface area contributed by atoms with E-state index < -0.39 is 0 Å². The van der Waals surface area contributed by atoms with Crippen molar-refractivity contribution in [3.05, 3.63) is 47.8 Å². The predicted octanol–water partition coefficient (Wildman–Crippen LogP) is 4.44. The molecule has 1 heterocycles. The number of aromatic nitrogens is 2. The van der Waals surface area contributed by atoms with E-state index in [1.54, 1.807) is 12.1 Å². The Morgan fingerprint density at radius 3 is 2.62 bits per heavy atom. The molecule has 0 atom stereocenters. The van der Waals surface area contributed by atoms with Crippen LogP contribution in [-0.4, -0.2) is 14.7 Å². The van der Waals surface area contributed by atoms with Crippen LogP contribution in [0.25, 0.3) is 22.4 Å². The minimum Gasteiger partial charge on any atom is -0.507 e. The van der Waals surface area contributed by atoms with Gasteiger partial charge < -0.3 is 9.67 Å². The fourth-order valence-corrected chi connectivity index (χ4v) is 2.63. The second-order valence-corrected chi connectivity index (χ2v) is 5.53. The highest BCUT2D eigenvalue weighted by molar-refractivity contribution is 5.82. The summed E-state index contributed by atoms with van der Waals surface area (Å²) in [5, 5.41) is 10.2. The van der Waals surface area contributed by atoms with Crippen LogP contribution in [0, 0.1) is 12.7 Å². The number of halogens is 1. The lowest BCUT2D eigenvalue weighted by atomic mass is 10.1.